The number of aromatic amines is 1. The summed E-state index contributed by atoms with van der Waals surface area (Å²) in [5, 5.41) is 5.08. The highest BCUT2D eigenvalue weighted by Crippen LogP contribution is 2.32. The predicted octanol–water partition coefficient (Wildman–Crippen LogP) is 2.71. The van der Waals surface area contributed by atoms with E-state index in [9.17, 15) is 4.79 Å². The van der Waals surface area contributed by atoms with Crippen LogP contribution in [0.3, 0.4) is 0 Å². The molecule has 7 nitrogen and oxygen atoms in total. The number of fused-ring (bicyclic) bond motifs is 1. The molecule has 2 aliphatic rings. The number of benzene rings is 1. The number of aromatic nitrogens is 4. The second-order valence-electron chi connectivity index (χ2n) is 8.38. The summed E-state index contributed by atoms with van der Waals surface area (Å²) in [7, 11) is 0. The van der Waals surface area contributed by atoms with Crippen molar-refractivity contribution in [1.82, 2.24) is 24.6 Å². The van der Waals surface area contributed by atoms with E-state index in [-0.39, 0.29) is 17.5 Å². The zero-order valence-corrected chi connectivity index (χ0v) is 16.8. The summed E-state index contributed by atoms with van der Waals surface area (Å²) < 4.78 is 7.42. The Labute approximate surface area is 169 Å². The van der Waals surface area contributed by atoms with Crippen molar-refractivity contribution in [3.8, 4) is 0 Å². The summed E-state index contributed by atoms with van der Waals surface area (Å²) in [5.41, 5.74) is 1.94. The van der Waals surface area contributed by atoms with Crippen LogP contribution < -0.4 is 5.56 Å². The molecule has 2 aromatic heterocycles. The summed E-state index contributed by atoms with van der Waals surface area (Å²) in [6.45, 7) is 6.53. The molecular formula is C22H27N5O2. The SMILES string of the molecule is C[C@@H]1CN(Cc2ccccc2)C[C@@H]1c1nc2c(cnn2C2CCOCC2)c(=O)[nH]1. The fourth-order valence-electron chi connectivity index (χ4n) is 4.72. The van der Waals surface area contributed by atoms with Gasteiger partial charge in [-0.15, -0.1) is 0 Å². The van der Waals surface area contributed by atoms with Crippen molar-refractivity contribution in [2.45, 2.75) is 38.3 Å². The zero-order chi connectivity index (χ0) is 19.8. The van der Waals surface area contributed by atoms with E-state index >= 15 is 0 Å². The largest absolute Gasteiger partial charge is 0.381 e. The highest BCUT2D eigenvalue weighted by Gasteiger charge is 2.33. The number of nitrogens with one attached hydrogen (secondary N) is 1. The van der Waals surface area contributed by atoms with Gasteiger partial charge in [-0.3, -0.25) is 9.69 Å². The second-order valence-corrected chi connectivity index (χ2v) is 8.38. The van der Waals surface area contributed by atoms with E-state index in [4.69, 9.17) is 9.72 Å². The number of nitrogens with zero attached hydrogens (tertiary/aromatic N) is 4. The topological polar surface area (TPSA) is 76.0 Å². The Balaban J connectivity index is 1.43. The van der Waals surface area contributed by atoms with Crippen LogP contribution >= 0.6 is 0 Å². The van der Waals surface area contributed by atoms with Crippen LogP contribution in [-0.2, 0) is 11.3 Å². The van der Waals surface area contributed by atoms with Gasteiger partial charge in [0.1, 0.15) is 11.2 Å². The average molecular weight is 393 g/mol. The van der Waals surface area contributed by atoms with E-state index in [1.54, 1.807) is 6.20 Å². The van der Waals surface area contributed by atoms with Crippen LogP contribution in [0.1, 0.15) is 43.1 Å². The van der Waals surface area contributed by atoms with E-state index in [0.717, 1.165) is 51.5 Å². The molecule has 2 atom stereocenters. The molecule has 3 aromatic rings. The lowest BCUT2D eigenvalue weighted by Crippen LogP contribution is -2.23. The first kappa shape index (κ1) is 18.5. The molecule has 0 unspecified atom stereocenters. The molecule has 29 heavy (non-hydrogen) atoms. The minimum absolute atomic E-state index is 0.0861. The van der Waals surface area contributed by atoms with Gasteiger partial charge in [-0.1, -0.05) is 37.3 Å². The molecule has 2 saturated heterocycles. The third-order valence-corrected chi connectivity index (χ3v) is 6.31. The number of ether oxygens (including phenoxy) is 1. The Morgan fingerprint density at radius 2 is 1.97 bits per heavy atom. The molecule has 0 bridgehead atoms. The quantitative estimate of drug-likeness (QED) is 0.738. The van der Waals surface area contributed by atoms with Gasteiger partial charge < -0.3 is 9.72 Å². The Morgan fingerprint density at radius 3 is 2.76 bits per heavy atom. The first-order chi connectivity index (χ1) is 14.2. The molecule has 152 valence electrons. The molecule has 7 heteroatoms. The number of hydrogen-bond donors (Lipinski definition) is 1. The summed E-state index contributed by atoms with van der Waals surface area (Å²) in [5.74, 6) is 1.44. The molecule has 4 heterocycles. The van der Waals surface area contributed by atoms with E-state index < -0.39 is 0 Å². The molecule has 2 fully saturated rings. The van der Waals surface area contributed by atoms with Crippen LogP contribution in [0.5, 0.6) is 0 Å². The second kappa shape index (κ2) is 7.72. The van der Waals surface area contributed by atoms with Crippen molar-refractivity contribution in [2.75, 3.05) is 26.3 Å². The van der Waals surface area contributed by atoms with Crippen molar-refractivity contribution in [3.63, 3.8) is 0 Å². The molecule has 1 N–H and O–H groups in total. The van der Waals surface area contributed by atoms with Crippen LogP contribution in [0.2, 0.25) is 0 Å². The fourth-order valence-corrected chi connectivity index (χ4v) is 4.72. The molecule has 1 aromatic carbocycles. The summed E-state index contributed by atoms with van der Waals surface area (Å²) in [6.07, 6.45) is 3.47. The van der Waals surface area contributed by atoms with Crippen LogP contribution in [0, 0.1) is 5.92 Å². The Morgan fingerprint density at radius 1 is 1.17 bits per heavy atom. The van der Waals surface area contributed by atoms with Gasteiger partial charge in [0.05, 0.1) is 12.2 Å². The minimum atomic E-state index is -0.0861. The van der Waals surface area contributed by atoms with Crippen molar-refractivity contribution in [3.05, 3.63) is 58.3 Å². The maximum atomic E-state index is 12.7. The Bertz CT molecular complexity index is 1040. The summed E-state index contributed by atoms with van der Waals surface area (Å²) >= 11 is 0. The predicted molar refractivity (Wildman–Crippen MR) is 111 cm³/mol. The van der Waals surface area contributed by atoms with Crippen LogP contribution in [0.4, 0.5) is 0 Å². The first-order valence-electron chi connectivity index (χ1n) is 10.5. The minimum Gasteiger partial charge on any atom is -0.381 e. The standard InChI is InChI=1S/C22H27N5O2/c1-15-12-26(13-16-5-3-2-4-6-16)14-19(15)20-24-21-18(22(28)25-20)11-23-27(21)17-7-9-29-10-8-17/h2-6,11,15,17,19H,7-10,12-14H2,1H3,(H,24,25,28)/t15-,19+/m1/s1. The molecule has 5 rings (SSSR count). The molecule has 0 aliphatic carbocycles. The van der Waals surface area contributed by atoms with E-state index in [0.29, 0.717) is 17.0 Å². The van der Waals surface area contributed by atoms with E-state index in [2.05, 4.69) is 46.2 Å². The number of rotatable bonds is 4. The van der Waals surface area contributed by atoms with Crippen molar-refractivity contribution >= 4 is 11.0 Å². The van der Waals surface area contributed by atoms with Gasteiger partial charge >= 0.3 is 0 Å². The molecule has 0 saturated carbocycles. The van der Waals surface area contributed by atoms with E-state index in [1.165, 1.54) is 5.56 Å². The number of likely N-dealkylation sites (tertiary alicyclic amines) is 1. The van der Waals surface area contributed by atoms with Gasteiger partial charge in [0.15, 0.2) is 5.65 Å². The van der Waals surface area contributed by atoms with Crippen LogP contribution in [-0.4, -0.2) is 51.0 Å². The lowest BCUT2D eigenvalue weighted by molar-refractivity contribution is 0.0673. The first-order valence-corrected chi connectivity index (χ1v) is 10.5. The zero-order valence-electron chi connectivity index (χ0n) is 16.8. The van der Waals surface area contributed by atoms with E-state index in [1.807, 2.05) is 10.7 Å². The average Bonchev–Trinajstić information content (AvgIpc) is 3.33. The Hall–Kier alpha value is -2.51. The third-order valence-electron chi connectivity index (χ3n) is 6.31. The van der Waals surface area contributed by atoms with Gasteiger partial charge in [0.25, 0.3) is 5.56 Å². The van der Waals surface area contributed by atoms with Gasteiger partial charge in [0.2, 0.25) is 0 Å². The number of hydrogen-bond acceptors (Lipinski definition) is 5. The van der Waals surface area contributed by atoms with Crippen LogP contribution in [0.25, 0.3) is 11.0 Å². The Kier molecular flexibility index (Phi) is 4.93. The lowest BCUT2D eigenvalue weighted by atomic mass is 9.97. The van der Waals surface area contributed by atoms with Gasteiger partial charge in [-0.25, -0.2) is 9.67 Å². The molecule has 0 amide bonds. The van der Waals surface area contributed by atoms with Crippen molar-refractivity contribution in [1.29, 1.82) is 0 Å². The highest BCUT2D eigenvalue weighted by molar-refractivity contribution is 5.73. The van der Waals surface area contributed by atoms with Crippen LogP contribution in [0.15, 0.2) is 41.3 Å². The molecule has 0 spiro atoms. The van der Waals surface area contributed by atoms with Crippen molar-refractivity contribution in [2.24, 2.45) is 5.92 Å². The highest BCUT2D eigenvalue weighted by atomic mass is 16.5. The molecule has 2 aliphatic heterocycles. The molecular weight excluding hydrogens is 366 g/mol. The summed E-state index contributed by atoms with van der Waals surface area (Å²) in [6, 6.07) is 10.8. The number of H-pyrrole nitrogens is 1. The maximum absolute atomic E-state index is 12.7. The monoisotopic (exact) mass is 393 g/mol. The van der Waals surface area contributed by atoms with Gasteiger partial charge in [-0.2, -0.15) is 5.10 Å². The smallest absolute Gasteiger partial charge is 0.262 e. The fraction of sp³-hybridized carbons (Fsp3) is 0.500. The lowest BCUT2D eigenvalue weighted by Gasteiger charge is -2.23. The maximum Gasteiger partial charge on any atom is 0.262 e. The van der Waals surface area contributed by atoms with Gasteiger partial charge in [0, 0.05) is 38.8 Å². The van der Waals surface area contributed by atoms with Crippen molar-refractivity contribution < 1.29 is 4.74 Å². The third kappa shape index (κ3) is 3.60. The van der Waals surface area contributed by atoms with Gasteiger partial charge in [-0.05, 0) is 24.3 Å². The molecule has 0 radical (unpaired) electrons. The summed E-state index contributed by atoms with van der Waals surface area (Å²) in [4.78, 5) is 23.2. The normalized spacial score (nSPS) is 23.8.